The number of carbonyl (C=O) groups is 11. The zero-order valence-corrected chi connectivity index (χ0v) is 60.3. The first kappa shape index (κ1) is 83.3. The van der Waals surface area contributed by atoms with E-state index < -0.39 is 152 Å². The molecule has 0 aliphatic carbocycles. The van der Waals surface area contributed by atoms with E-state index in [0.29, 0.717) is 34.0 Å². The Balaban J connectivity index is 0.0000180. The van der Waals surface area contributed by atoms with Gasteiger partial charge in [0.2, 0.25) is 47.3 Å². The average molecular weight is 1510 g/mol. The van der Waals surface area contributed by atoms with Gasteiger partial charge in [-0.05, 0) is 74.5 Å². The van der Waals surface area contributed by atoms with Crippen LogP contribution >= 0.6 is 21.6 Å². The summed E-state index contributed by atoms with van der Waals surface area (Å²) in [6.07, 6.45) is -1.31. The number of aliphatic hydroxyl groups is 3. The molecule has 35 heteroatoms. The molecule has 2 aliphatic rings. The van der Waals surface area contributed by atoms with Crippen molar-refractivity contribution in [2.45, 2.75) is 113 Å². The van der Waals surface area contributed by atoms with Gasteiger partial charge in [-0.25, -0.2) is 0 Å². The largest absolute Gasteiger partial charge is 3.00 e. The number of nitrogens with one attached hydrogen (secondary N) is 9. The van der Waals surface area contributed by atoms with Crippen molar-refractivity contribution in [3.05, 3.63) is 102 Å². The second-order valence-electron chi connectivity index (χ2n) is 24.5. The van der Waals surface area contributed by atoms with Gasteiger partial charge in [-0.1, -0.05) is 82.3 Å². The van der Waals surface area contributed by atoms with E-state index in [9.17, 15) is 74.1 Å². The van der Waals surface area contributed by atoms with Crippen molar-refractivity contribution in [3.63, 3.8) is 0 Å². The molecule has 0 radical (unpaired) electrons. The number of unbranched alkanes of at least 4 members (excludes halogenated alkanes) is 1. The molecule has 18 N–H and O–H groups in total. The van der Waals surface area contributed by atoms with Crippen molar-refractivity contribution < 1.29 is 121 Å². The number of hydrogen-bond acceptors (Lipinski definition) is 22. The van der Waals surface area contributed by atoms with Gasteiger partial charge in [-0.2, -0.15) is 0 Å². The number of H-pyrrole nitrogens is 1. The zero-order valence-electron chi connectivity index (χ0n) is 55.8. The predicted molar refractivity (Wildman–Crippen MR) is 366 cm³/mol. The fourth-order valence-corrected chi connectivity index (χ4v) is 13.4. The van der Waals surface area contributed by atoms with Crippen LogP contribution in [0.5, 0.6) is 5.75 Å². The minimum Gasteiger partial charge on any atom is -0.508 e. The Morgan fingerprint density at radius 2 is 1.12 bits per heavy atom. The Kier molecular flexibility index (Phi) is 35.7. The number of hydrogen-bond donors (Lipinski definition) is 17. The van der Waals surface area contributed by atoms with E-state index in [-0.39, 0.29) is 148 Å². The smallest absolute Gasteiger partial charge is 0.508 e. The van der Waals surface area contributed by atoms with E-state index in [1.807, 2.05) is 0 Å². The summed E-state index contributed by atoms with van der Waals surface area (Å²) < 4.78 is 0. The number of nitrogens with two attached hydrogens (primary N) is 1. The number of aromatic hydroxyl groups is 1. The van der Waals surface area contributed by atoms with E-state index in [2.05, 4.69) is 47.5 Å². The molecule has 3 aromatic carbocycles. The standard InChI is InChI=1S/C65H92N14O18S2.Y/c1-39(81)51(36-80)72-64(96)53-38-99-98-37-52(73-60(92)48(28-41-10-4-3-5-11-41)68-54(84)32-76-20-22-77(33-55(85)86)24-26-79(35-57(89)90)27-25-78(23-21-76)34-56(87)88)63(95)70-49(29-42-15-17-44(83)18-16-42)61(93)71-50(30-43-31-67-46-13-7-6-12-45(43)46)62(94)69-47(14-8-9-19-66)59(91)75-58(40(2)82)65(97)74-53;/h3-7,10-13,15-18,31,39-40,47-53,58,67,80-83H,8-9,14,19-30,32-38,66H2,1-2H3,(H,68,84)(H,69,94)(H,70,95)(H,71,93)(H,72,96)(H,73,92)(H,74,97)(H,75,91)(H,85,86)(H,87,88)(H,89,90);/q;+3/t39?,40?,47-,48+,49-,50+,51+,52-,53?,58-;/m0./s1. The molecule has 2 saturated heterocycles. The monoisotopic (exact) mass is 1510 g/mol. The van der Waals surface area contributed by atoms with Crippen LogP contribution in [0.2, 0.25) is 0 Å². The number of aromatic nitrogens is 1. The van der Waals surface area contributed by atoms with E-state index in [1.54, 1.807) is 80.4 Å². The summed E-state index contributed by atoms with van der Waals surface area (Å²) in [6, 6.07) is 9.21. The van der Waals surface area contributed by atoms with Crippen molar-refractivity contribution >= 4 is 97.7 Å². The molecule has 1 aromatic heterocycles. The number of phenolic OH excluding ortho intramolecular Hbond substituents is 1. The maximum atomic E-state index is 15.3. The first-order valence-corrected chi connectivity index (χ1v) is 35.0. The topological polar surface area (TPSA) is 480 Å². The maximum absolute atomic E-state index is 15.3. The molecular formula is C65H92N14O18S2Y+3. The summed E-state index contributed by atoms with van der Waals surface area (Å²) in [7, 11) is 1.81. The van der Waals surface area contributed by atoms with Gasteiger partial charge in [-0.3, -0.25) is 72.3 Å². The summed E-state index contributed by atoms with van der Waals surface area (Å²) in [4.78, 5) is 163. The summed E-state index contributed by atoms with van der Waals surface area (Å²) in [5, 5.41) is 93.2. The van der Waals surface area contributed by atoms with Crippen LogP contribution in [-0.2, 0) is 105 Å². The number of amides is 8. The first-order valence-electron chi connectivity index (χ1n) is 32.5. The van der Waals surface area contributed by atoms with Crippen LogP contribution in [0, 0.1) is 0 Å². The third-order valence-corrected chi connectivity index (χ3v) is 19.0. The van der Waals surface area contributed by atoms with Gasteiger partial charge in [0.15, 0.2) is 0 Å². The molecule has 3 unspecified atom stereocenters. The van der Waals surface area contributed by atoms with Crippen LogP contribution in [0.25, 0.3) is 10.9 Å². The van der Waals surface area contributed by atoms with E-state index in [4.69, 9.17) is 5.73 Å². The number of aliphatic carboxylic acids is 3. The van der Waals surface area contributed by atoms with Gasteiger partial charge in [-0.15, -0.1) is 0 Å². The van der Waals surface area contributed by atoms with Gasteiger partial charge in [0.1, 0.15) is 48.0 Å². The third kappa shape index (κ3) is 28.2. The molecule has 2 fully saturated rings. The molecule has 0 spiro atoms. The van der Waals surface area contributed by atoms with Gasteiger partial charge < -0.3 is 89.0 Å². The molecule has 32 nitrogen and oxygen atoms in total. The van der Waals surface area contributed by atoms with Crippen molar-refractivity contribution in [2.24, 2.45) is 5.73 Å². The van der Waals surface area contributed by atoms with Crippen molar-refractivity contribution in [3.8, 4) is 5.75 Å². The van der Waals surface area contributed by atoms with E-state index in [0.717, 1.165) is 21.6 Å². The number of aromatic amines is 1. The van der Waals surface area contributed by atoms with Gasteiger partial charge in [0, 0.05) is 100 Å². The normalized spacial score (nSPS) is 21.8. The number of rotatable bonds is 26. The molecule has 0 bridgehead atoms. The van der Waals surface area contributed by atoms with Gasteiger partial charge in [0.25, 0.3) is 0 Å². The van der Waals surface area contributed by atoms with Gasteiger partial charge in [0.05, 0.1) is 51.0 Å². The SMILES string of the molecule is CC(O)[C@@H]1NC(=O)[C@H](CCCCN)NC(=O)[C@@H](Cc2c[nH]c3ccccc23)NC(=O)[C@H](Cc2ccc(O)cc2)NC(=O)[C@@H](NC(=O)[C@@H](Cc2ccccc2)NC(=O)CN2CCN(CC(=O)O)CCN(CC(=O)O)CCN(CC(=O)O)CC2)CSSCC(C(=O)N[C@H](CO)C(C)O)NC1=O.[Y+3]. The first-order chi connectivity index (χ1) is 47.3. The molecule has 10 atom stereocenters. The van der Waals surface area contributed by atoms with E-state index >= 15 is 14.4 Å². The molecule has 100 heavy (non-hydrogen) atoms. The van der Waals surface area contributed by atoms with Crippen LogP contribution in [0.1, 0.15) is 49.8 Å². The number of para-hydroxylation sites is 1. The third-order valence-electron chi connectivity index (χ3n) is 16.6. The maximum Gasteiger partial charge on any atom is 3.00 e. The predicted octanol–water partition coefficient (Wildman–Crippen LogP) is -3.47. The Hall–Kier alpha value is -7.35. The molecule has 3 heterocycles. The summed E-state index contributed by atoms with van der Waals surface area (Å²) in [5.74, 6) is -11.6. The fraction of sp³-hybridized carbons (Fsp3) is 0.523. The number of fused-ring (bicyclic) bond motifs is 1. The summed E-state index contributed by atoms with van der Waals surface area (Å²) in [6.45, 7) is 1.08. The van der Waals surface area contributed by atoms with Crippen LogP contribution in [-0.4, -0.2) is 289 Å². The Labute approximate surface area is 611 Å². The van der Waals surface area contributed by atoms with Crippen molar-refractivity contribution in [1.82, 2.24) is 67.1 Å². The van der Waals surface area contributed by atoms with E-state index in [1.165, 1.54) is 38.1 Å². The number of carboxylic acid groups (broad SMARTS) is 3. The molecule has 8 amide bonds. The molecular weight excluding hydrogens is 1420 g/mol. The zero-order chi connectivity index (χ0) is 72.1. The van der Waals surface area contributed by atoms with Crippen LogP contribution in [0.4, 0.5) is 0 Å². The Morgan fingerprint density at radius 1 is 0.600 bits per heavy atom. The minimum absolute atomic E-state index is 0. The number of nitrogens with zero attached hydrogens (tertiary/aromatic N) is 4. The second kappa shape index (κ2) is 42.8. The van der Waals surface area contributed by atoms with Crippen molar-refractivity contribution in [1.29, 1.82) is 0 Å². The number of carboxylic acids is 3. The Bertz CT molecular complexity index is 3330. The second-order valence-corrected chi connectivity index (χ2v) is 27.0. The fourth-order valence-electron chi connectivity index (χ4n) is 11.1. The van der Waals surface area contributed by atoms with Gasteiger partial charge >= 0.3 is 50.6 Å². The minimum atomic E-state index is -1.77. The number of benzene rings is 3. The molecule has 2 aliphatic heterocycles. The van der Waals surface area contributed by atoms with Crippen LogP contribution < -0.4 is 48.3 Å². The Morgan fingerprint density at radius 3 is 1.67 bits per heavy atom. The number of phenols is 1. The van der Waals surface area contributed by atoms with Crippen LogP contribution in [0.15, 0.2) is 85.1 Å². The average Bonchev–Trinajstić information content (AvgIpc) is 1.62. The molecule has 6 rings (SSSR count). The molecule has 4 aromatic rings. The molecule has 542 valence electrons. The molecule has 0 saturated carbocycles. The van der Waals surface area contributed by atoms with Crippen LogP contribution in [0.3, 0.4) is 0 Å². The van der Waals surface area contributed by atoms with Crippen molar-refractivity contribution in [2.75, 3.05) is 103 Å². The number of carbonyl (C=O) groups excluding carboxylic acids is 8. The quantitative estimate of drug-likeness (QED) is 0.0215. The summed E-state index contributed by atoms with van der Waals surface area (Å²) >= 11 is 0. The number of aliphatic hydroxyl groups excluding tert-OH is 3. The summed E-state index contributed by atoms with van der Waals surface area (Å²) in [5.41, 5.74) is 8.05.